The smallest absolute Gasteiger partial charge is 0.254 e. The molecular formula is C25H33N3O. The molecule has 1 unspecified atom stereocenters. The molecule has 2 saturated heterocycles. The van der Waals surface area contributed by atoms with Crippen LogP contribution in [0.25, 0.3) is 10.9 Å². The Balaban J connectivity index is 1.40. The molecule has 1 atom stereocenters. The van der Waals surface area contributed by atoms with Gasteiger partial charge in [-0.05, 0) is 88.6 Å². The van der Waals surface area contributed by atoms with Gasteiger partial charge in [-0.3, -0.25) is 9.78 Å². The molecule has 1 amide bonds. The van der Waals surface area contributed by atoms with E-state index in [1.165, 1.54) is 50.9 Å². The highest BCUT2D eigenvalue weighted by Gasteiger charge is 2.43. The fourth-order valence-corrected chi connectivity index (χ4v) is 5.80. The molecular weight excluding hydrogens is 358 g/mol. The van der Waals surface area contributed by atoms with E-state index in [-0.39, 0.29) is 5.91 Å². The van der Waals surface area contributed by atoms with E-state index in [0.717, 1.165) is 53.2 Å². The van der Waals surface area contributed by atoms with E-state index in [9.17, 15) is 4.79 Å². The summed E-state index contributed by atoms with van der Waals surface area (Å²) in [7, 11) is 0. The second-order valence-corrected chi connectivity index (χ2v) is 10.0. The molecule has 0 bridgehead atoms. The number of rotatable bonds is 3. The van der Waals surface area contributed by atoms with Crippen molar-refractivity contribution in [2.75, 3.05) is 32.7 Å². The molecule has 154 valence electrons. The van der Waals surface area contributed by atoms with Crippen molar-refractivity contribution < 1.29 is 4.79 Å². The number of likely N-dealkylation sites (tertiary alicyclic amines) is 2. The lowest BCUT2D eigenvalue weighted by Gasteiger charge is -2.40. The van der Waals surface area contributed by atoms with Gasteiger partial charge in [-0.1, -0.05) is 6.07 Å². The number of aryl methyl sites for hydroxylation is 3. The van der Waals surface area contributed by atoms with E-state index >= 15 is 0 Å². The number of piperidine rings is 1. The van der Waals surface area contributed by atoms with Gasteiger partial charge >= 0.3 is 0 Å². The van der Waals surface area contributed by atoms with Crippen molar-refractivity contribution >= 4 is 16.8 Å². The van der Waals surface area contributed by atoms with Crippen LogP contribution in [0.1, 0.15) is 59.3 Å². The third-order valence-electron chi connectivity index (χ3n) is 7.29. The number of benzene rings is 1. The average Bonchev–Trinajstić information content (AvgIpc) is 3.39. The predicted molar refractivity (Wildman–Crippen MR) is 117 cm³/mol. The number of pyridine rings is 1. The zero-order chi connectivity index (χ0) is 20.2. The summed E-state index contributed by atoms with van der Waals surface area (Å²) in [5.41, 5.74) is 5.38. The molecule has 1 spiro atoms. The Hall–Kier alpha value is -1.94. The lowest BCUT2D eigenvalue weighted by molar-refractivity contribution is 0.0682. The molecule has 3 aliphatic rings. The second kappa shape index (κ2) is 7.09. The van der Waals surface area contributed by atoms with Gasteiger partial charge in [0.25, 0.3) is 5.91 Å². The summed E-state index contributed by atoms with van der Waals surface area (Å²) in [4.78, 5) is 23.2. The summed E-state index contributed by atoms with van der Waals surface area (Å²) in [6.45, 7) is 11.7. The molecule has 1 aromatic heterocycles. The standard InChI is InChI=1S/C25H33N3O/c1-17-11-18(2)23-21(13-19(3)26-22(23)12-17)24(29)28-10-8-25(16-28)7-4-9-27(15-25)14-20-5-6-20/h11-13,20H,4-10,14-16H2,1-3H3. The first-order chi connectivity index (χ1) is 13.9. The van der Waals surface area contributed by atoms with Crippen LogP contribution in [0.15, 0.2) is 18.2 Å². The molecule has 4 heteroatoms. The van der Waals surface area contributed by atoms with E-state index in [2.05, 4.69) is 35.8 Å². The Kier molecular flexibility index (Phi) is 4.65. The Morgan fingerprint density at radius 1 is 1.10 bits per heavy atom. The highest BCUT2D eigenvalue weighted by molar-refractivity contribution is 6.07. The molecule has 2 aromatic rings. The van der Waals surface area contributed by atoms with Crippen LogP contribution in [0.4, 0.5) is 0 Å². The SMILES string of the molecule is Cc1cc(C)c2c(C(=O)N3CCC4(CCCN(CC5CC5)C4)C3)cc(C)nc2c1. The highest BCUT2D eigenvalue weighted by atomic mass is 16.2. The minimum absolute atomic E-state index is 0.198. The predicted octanol–water partition coefficient (Wildman–Crippen LogP) is 4.50. The van der Waals surface area contributed by atoms with Crippen LogP contribution in [0.2, 0.25) is 0 Å². The third kappa shape index (κ3) is 3.68. The van der Waals surface area contributed by atoms with Crippen LogP contribution >= 0.6 is 0 Å². The summed E-state index contributed by atoms with van der Waals surface area (Å²) in [5, 5.41) is 1.03. The quantitative estimate of drug-likeness (QED) is 0.773. The normalized spacial score (nSPS) is 25.3. The Morgan fingerprint density at radius 2 is 1.93 bits per heavy atom. The summed E-state index contributed by atoms with van der Waals surface area (Å²) < 4.78 is 0. The van der Waals surface area contributed by atoms with Crippen LogP contribution in [0.5, 0.6) is 0 Å². The lowest BCUT2D eigenvalue weighted by Crippen LogP contribution is -2.46. The number of carbonyl (C=O) groups is 1. The number of nitrogens with zero attached hydrogens (tertiary/aromatic N) is 3. The minimum Gasteiger partial charge on any atom is -0.338 e. The van der Waals surface area contributed by atoms with E-state index < -0.39 is 0 Å². The third-order valence-corrected chi connectivity index (χ3v) is 7.29. The van der Waals surface area contributed by atoms with Crippen LogP contribution in [0.3, 0.4) is 0 Å². The largest absolute Gasteiger partial charge is 0.338 e. The summed E-state index contributed by atoms with van der Waals surface area (Å²) >= 11 is 0. The van der Waals surface area contributed by atoms with Crippen LogP contribution in [-0.2, 0) is 0 Å². The lowest BCUT2D eigenvalue weighted by atomic mass is 9.79. The molecule has 4 nitrogen and oxygen atoms in total. The number of hydrogen-bond acceptors (Lipinski definition) is 3. The number of aromatic nitrogens is 1. The zero-order valence-corrected chi connectivity index (χ0v) is 18.1. The van der Waals surface area contributed by atoms with E-state index in [0.29, 0.717) is 5.41 Å². The summed E-state index contributed by atoms with van der Waals surface area (Å²) in [5.74, 6) is 1.14. The molecule has 3 heterocycles. The maximum atomic E-state index is 13.6. The van der Waals surface area contributed by atoms with Gasteiger partial charge in [-0.25, -0.2) is 0 Å². The first-order valence-electron chi connectivity index (χ1n) is 11.3. The van der Waals surface area contributed by atoms with Gasteiger partial charge < -0.3 is 9.80 Å². The Morgan fingerprint density at radius 3 is 2.72 bits per heavy atom. The van der Waals surface area contributed by atoms with E-state index in [4.69, 9.17) is 4.98 Å². The molecule has 1 saturated carbocycles. The number of carbonyl (C=O) groups excluding carboxylic acids is 1. The second-order valence-electron chi connectivity index (χ2n) is 10.0. The molecule has 5 rings (SSSR count). The van der Waals surface area contributed by atoms with Crippen molar-refractivity contribution in [2.24, 2.45) is 11.3 Å². The molecule has 0 radical (unpaired) electrons. The molecule has 29 heavy (non-hydrogen) atoms. The number of hydrogen-bond donors (Lipinski definition) is 0. The van der Waals surface area contributed by atoms with Crippen molar-refractivity contribution in [1.82, 2.24) is 14.8 Å². The van der Waals surface area contributed by atoms with Crippen LogP contribution in [0, 0.1) is 32.1 Å². The van der Waals surface area contributed by atoms with Gasteiger partial charge in [0.1, 0.15) is 0 Å². The van der Waals surface area contributed by atoms with Crippen LogP contribution < -0.4 is 0 Å². The Labute approximate surface area is 174 Å². The van der Waals surface area contributed by atoms with E-state index in [1.54, 1.807) is 0 Å². The Bertz CT molecular complexity index is 959. The molecule has 0 N–H and O–H groups in total. The van der Waals surface area contributed by atoms with Crippen LogP contribution in [-0.4, -0.2) is 53.4 Å². The molecule has 1 aliphatic carbocycles. The fraction of sp³-hybridized carbons (Fsp3) is 0.600. The summed E-state index contributed by atoms with van der Waals surface area (Å²) in [6.07, 6.45) is 6.54. The number of amides is 1. The van der Waals surface area contributed by atoms with Gasteiger partial charge in [-0.15, -0.1) is 0 Å². The van der Waals surface area contributed by atoms with Gasteiger partial charge in [-0.2, -0.15) is 0 Å². The first kappa shape index (κ1) is 19.0. The van der Waals surface area contributed by atoms with E-state index in [1.807, 2.05) is 13.0 Å². The topological polar surface area (TPSA) is 36.4 Å². The molecule has 3 fully saturated rings. The first-order valence-corrected chi connectivity index (χ1v) is 11.3. The van der Waals surface area contributed by atoms with Crippen molar-refractivity contribution in [3.63, 3.8) is 0 Å². The van der Waals surface area contributed by atoms with Crippen molar-refractivity contribution in [3.05, 3.63) is 40.6 Å². The fourth-order valence-electron chi connectivity index (χ4n) is 5.80. The molecule has 2 aliphatic heterocycles. The van der Waals surface area contributed by atoms with Gasteiger partial charge in [0.2, 0.25) is 0 Å². The monoisotopic (exact) mass is 391 g/mol. The highest BCUT2D eigenvalue weighted by Crippen LogP contribution is 2.41. The van der Waals surface area contributed by atoms with Gasteiger partial charge in [0.05, 0.1) is 11.1 Å². The van der Waals surface area contributed by atoms with Crippen molar-refractivity contribution in [2.45, 2.75) is 52.9 Å². The van der Waals surface area contributed by atoms with Gasteiger partial charge in [0.15, 0.2) is 0 Å². The molecule has 1 aromatic carbocycles. The minimum atomic E-state index is 0.198. The van der Waals surface area contributed by atoms with Crippen molar-refractivity contribution in [1.29, 1.82) is 0 Å². The average molecular weight is 392 g/mol. The van der Waals surface area contributed by atoms with Gasteiger partial charge in [0, 0.05) is 42.7 Å². The zero-order valence-electron chi connectivity index (χ0n) is 18.1. The summed E-state index contributed by atoms with van der Waals surface area (Å²) in [6, 6.07) is 6.27. The number of fused-ring (bicyclic) bond motifs is 1. The maximum absolute atomic E-state index is 13.6. The maximum Gasteiger partial charge on any atom is 0.254 e. The van der Waals surface area contributed by atoms with Crippen molar-refractivity contribution in [3.8, 4) is 0 Å².